The number of carbonyl (C=O) groups is 1. The zero-order chi connectivity index (χ0) is 8.97. The fourth-order valence-corrected chi connectivity index (χ4v) is 1.41. The average molecular weight is 166 g/mol. The van der Waals surface area contributed by atoms with Crippen LogP contribution >= 0.6 is 0 Å². The van der Waals surface area contributed by atoms with Gasteiger partial charge < -0.3 is 5.11 Å². The molecule has 0 aromatic heterocycles. The van der Waals surface area contributed by atoms with Crippen LogP contribution in [0.3, 0.4) is 0 Å². The van der Waals surface area contributed by atoms with Crippen molar-refractivity contribution in [1.29, 1.82) is 0 Å². The number of allylic oxidation sites excluding steroid dienone is 2. The molecule has 0 unspecified atom stereocenters. The lowest BCUT2D eigenvalue weighted by Gasteiger charge is -2.11. The van der Waals surface area contributed by atoms with Crippen LogP contribution in [0.15, 0.2) is 23.8 Å². The quantitative estimate of drug-likeness (QED) is 0.516. The van der Waals surface area contributed by atoms with Crippen LogP contribution < -0.4 is 0 Å². The zero-order valence-corrected chi connectivity index (χ0v) is 7.18. The highest BCUT2D eigenvalue weighted by atomic mass is 16.4. The van der Waals surface area contributed by atoms with E-state index >= 15 is 0 Å². The monoisotopic (exact) mass is 166 g/mol. The Bertz CT molecular complexity index is 226. The molecule has 0 bridgehead atoms. The van der Waals surface area contributed by atoms with E-state index in [2.05, 4.69) is 12.7 Å². The van der Waals surface area contributed by atoms with Gasteiger partial charge in [-0.2, -0.15) is 0 Å². The molecule has 1 rings (SSSR count). The first kappa shape index (κ1) is 9.04. The van der Waals surface area contributed by atoms with Crippen molar-refractivity contribution in [3.63, 3.8) is 0 Å². The summed E-state index contributed by atoms with van der Waals surface area (Å²) in [5.74, 6) is -0.874. The summed E-state index contributed by atoms with van der Waals surface area (Å²) >= 11 is 0. The highest BCUT2D eigenvalue weighted by molar-refractivity contribution is 5.86. The van der Waals surface area contributed by atoms with E-state index in [0.717, 1.165) is 12.8 Å². The molecule has 1 aliphatic carbocycles. The molecule has 0 aromatic carbocycles. The van der Waals surface area contributed by atoms with Crippen LogP contribution in [-0.4, -0.2) is 11.1 Å². The van der Waals surface area contributed by atoms with Crippen LogP contribution in [0.5, 0.6) is 0 Å². The standard InChI is InChI=1S/C10H14O2/c1-8(10(11)12)7-9-5-3-2-4-6-9/h5H,1-4,6-7H2,(H,11,12). The van der Waals surface area contributed by atoms with Crippen LogP contribution in [0, 0.1) is 0 Å². The summed E-state index contributed by atoms with van der Waals surface area (Å²) in [6.45, 7) is 3.51. The SMILES string of the molecule is C=C(CC1=CCCCC1)C(=O)O. The largest absolute Gasteiger partial charge is 0.478 e. The topological polar surface area (TPSA) is 37.3 Å². The Hall–Kier alpha value is -1.05. The van der Waals surface area contributed by atoms with Crippen LogP contribution in [0.2, 0.25) is 0 Å². The van der Waals surface area contributed by atoms with Crippen LogP contribution in [0.1, 0.15) is 32.1 Å². The van der Waals surface area contributed by atoms with Gasteiger partial charge in [0.15, 0.2) is 0 Å². The van der Waals surface area contributed by atoms with E-state index in [-0.39, 0.29) is 0 Å². The van der Waals surface area contributed by atoms with E-state index in [4.69, 9.17) is 5.11 Å². The molecule has 0 amide bonds. The molecular weight excluding hydrogens is 152 g/mol. The molecule has 0 atom stereocenters. The predicted molar refractivity (Wildman–Crippen MR) is 47.9 cm³/mol. The Morgan fingerprint density at radius 1 is 1.58 bits per heavy atom. The fraction of sp³-hybridized carbons (Fsp3) is 0.500. The van der Waals surface area contributed by atoms with E-state index < -0.39 is 5.97 Å². The number of carboxylic acid groups (broad SMARTS) is 1. The second-order valence-electron chi connectivity index (χ2n) is 3.19. The molecule has 66 valence electrons. The number of aliphatic carboxylic acids is 1. The lowest BCUT2D eigenvalue weighted by molar-refractivity contribution is -0.132. The molecule has 0 radical (unpaired) electrons. The molecule has 0 fully saturated rings. The fourth-order valence-electron chi connectivity index (χ4n) is 1.41. The molecule has 1 N–H and O–H groups in total. The normalized spacial score (nSPS) is 16.8. The summed E-state index contributed by atoms with van der Waals surface area (Å²) in [5.41, 5.74) is 1.55. The van der Waals surface area contributed by atoms with Gasteiger partial charge in [-0.3, -0.25) is 0 Å². The van der Waals surface area contributed by atoms with E-state index in [1.54, 1.807) is 0 Å². The molecule has 0 saturated carbocycles. The van der Waals surface area contributed by atoms with Crippen molar-refractivity contribution >= 4 is 5.97 Å². The van der Waals surface area contributed by atoms with Crippen molar-refractivity contribution < 1.29 is 9.90 Å². The van der Waals surface area contributed by atoms with Crippen molar-refractivity contribution in [1.82, 2.24) is 0 Å². The Balaban J connectivity index is 2.44. The van der Waals surface area contributed by atoms with Gasteiger partial charge >= 0.3 is 5.97 Å². The van der Waals surface area contributed by atoms with Crippen LogP contribution in [0.4, 0.5) is 0 Å². The summed E-state index contributed by atoms with van der Waals surface area (Å²) in [6, 6.07) is 0. The Morgan fingerprint density at radius 3 is 2.83 bits per heavy atom. The van der Waals surface area contributed by atoms with Gasteiger partial charge in [0, 0.05) is 5.57 Å². The van der Waals surface area contributed by atoms with E-state index in [1.165, 1.54) is 18.4 Å². The number of hydrogen-bond acceptors (Lipinski definition) is 1. The summed E-state index contributed by atoms with van der Waals surface area (Å²) < 4.78 is 0. The van der Waals surface area contributed by atoms with Gasteiger partial charge in [-0.25, -0.2) is 4.79 Å². The highest BCUT2D eigenvalue weighted by Gasteiger charge is 2.09. The summed E-state index contributed by atoms with van der Waals surface area (Å²) in [6.07, 6.45) is 7.28. The Labute approximate surface area is 72.6 Å². The van der Waals surface area contributed by atoms with Gasteiger partial charge in [-0.05, 0) is 32.1 Å². The third kappa shape index (κ3) is 2.53. The van der Waals surface area contributed by atoms with Crippen molar-refractivity contribution in [2.75, 3.05) is 0 Å². The maximum Gasteiger partial charge on any atom is 0.331 e. The summed E-state index contributed by atoms with van der Waals surface area (Å²) in [4.78, 5) is 10.4. The van der Waals surface area contributed by atoms with Crippen molar-refractivity contribution in [2.24, 2.45) is 0 Å². The average Bonchev–Trinajstić information content (AvgIpc) is 2.06. The van der Waals surface area contributed by atoms with Crippen molar-refractivity contribution in [2.45, 2.75) is 32.1 Å². The van der Waals surface area contributed by atoms with Gasteiger partial charge in [0.25, 0.3) is 0 Å². The lowest BCUT2D eigenvalue weighted by Crippen LogP contribution is -2.01. The minimum absolute atomic E-state index is 0.308. The maximum absolute atomic E-state index is 10.4. The molecular formula is C10H14O2. The first-order chi connectivity index (χ1) is 5.70. The Morgan fingerprint density at radius 2 is 2.33 bits per heavy atom. The molecule has 2 heteroatoms. The number of carboxylic acids is 1. The first-order valence-electron chi connectivity index (χ1n) is 4.29. The molecule has 0 aliphatic heterocycles. The van der Waals surface area contributed by atoms with E-state index in [9.17, 15) is 4.79 Å². The van der Waals surface area contributed by atoms with Crippen LogP contribution in [0.25, 0.3) is 0 Å². The Kier molecular flexibility index (Phi) is 3.09. The van der Waals surface area contributed by atoms with Crippen molar-refractivity contribution in [3.05, 3.63) is 23.8 Å². The maximum atomic E-state index is 10.4. The highest BCUT2D eigenvalue weighted by Crippen LogP contribution is 2.22. The molecule has 12 heavy (non-hydrogen) atoms. The predicted octanol–water partition coefficient (Wildman–Crippen LogP) is 2.52. The van der Waals surface area contributed by atoms with Gasteiger partial charge in [-0.1, -0.05) is 18.2 Å². The minimum atomic E-state index is -0.874. The van der Waals surface area contributed by atoms with Gasteiger partial charge in [-0.15, -0.1) is 0 Å². The van der Waals surface area contributed by atoms with E-state index in [1.807, 2.05) is 0 Å². The third-order valence-electron chi connectivity index (χ3n) is 2.13. The smallest absolute Gasteiger partial charge is 0.331 e. The lowest BCUT2D eigenvalue weighted by atomic mass is 9.95. The third-order valence-corrected chi connectivity index (χ3v) is 2.13. The second kappa shape index (κ2) is 4.10. The molecule has 0 saturated heterocycles. The summed E-state index contributed by atoms with van der Waals surface area (Å²) in [5, 5.41) is 8.59. The molecule has 0 spiro atoms. The van der Waals surface area contributed by atoms with Crippen molar-refractivity contribution in [3.8, 4) is 0 Å². The van der Waals surface area contributed by atoms with Gasteiger partial charge in [0.2, 0.25) is 0 Å². The number of hydrogen-bond donors (Lipinski definition) is 1. The van der Waals surface area contributed by atoms with Crippen LogP contribution in [-0.2, 0) is 4.79 Å². The first-order valence-corrected chi connectivity index (χ1v) is 4.29. The zero-order valence-electron chi connectivity index (χ0n) is 7.18. The summed E-state index contributed by atoms with van der Waals surface area (Å²) in [7, 11) is 0. The molecule has 1 aliphatic rings. The van der Waals surface area contributed by atoms with Gasteiger partial charge in [0.1, 0.15) is 0 Å². The van der Waals surface area contributed by atoms with Gasteiger partial charge in [0.05, 0.1) is 0 Å². The second-order valence-corrected chi connectivity index (χ2v) is 3.19. The number of rotatable bonds is 3. The molecule has 0 heterocycles. The van der Waals surface area contributed by atoms with E-state index in [0.29, 0.717) is 12.0 Å². The molecule has 2 nitrogen and oxygen atoms in total. The molecule has 0 aromatic rings. The minimum Gasteiger partial charge on any atom is -0.478 e.